The first-order chi connectivity index (χ1) is 7.88. The standard InChI is InChI=1S/C13H17N3/c14-8-12-6-7-13(16-10-12)15-9-11-4-2-1-3-5-11/h1-2,4,6-7,10H,3,5,8-9,14H2,(H,15,16). The van der Waals surface area contributed by atoms with Crippen LogP contribution in [0.5, 0.6) is 0 Å². The van der Waals surface area contributed by atoms with Gasteiger partial charge in [0.25, 0.3) is 0 Å². The van der Waals surface area contributed by atoms with Crippen molar-refractivity contribution < 1.29 is 0 Å². The second kappa shape index (κ2) is 5.47. The Labute approximate surface area is 96.1 Å². The van der Waals surface area contributed by atoms with Gasteiger partial charge in [-0.25, -0.2) is 4.98 Å². The molecular weight excluding hydrogens is 198 g/mol. The average molecular weight is 215 g/mol. The summed E-state index contributed by atoms with van der Waals surface area (Å²) in [4.78, 5) is 4.30. The van der Waals surface area contributed by atoms with Crippen molar-refractivity contribution in [3.05, 3.63) is 47.7 Å². The molecule has 0 bridgehead atoms. The number of allylic oxidation sites excluding steroid dienone is 3. The molecule has 1 aliphatic carbocycles. The monoisotopic (exact) mass is 215 g/mol. The van der Waals surface area contributed by atoms with Crippen molar-refractivity contribution in [2.45, 2.75) is 19.4 Å². The fourth-order valence-electron chi connectivity index (χ4n) is 1.65. The molecule has 3 N–H and O–H groups in total. The van der Waals surface area contributed by atoms with Gasteiger partial charge in [0, 0.05) is 19.3 Å². The lowest BCUT2D eigenvalue weighted by Gasteiger charge is -2.10. The van der Waals surface area contributed by atoms with Gasteiger partial charge in [0.15, 0.2) is 0 Å². The Balaban J connectivity index is 1.89. The quantitative estimate of drug-likeness (QED) is 0.809. The smallest absolute Gasteiger partial charge is 0.126 e. The topological polar surface area (TPSA) is 50.9 Å². The van der Waals surface area contributed by atoms with Crippen LogP contribution in [0.15, 0.2) is 42.1 Å². The number of anilines is 1. The van der Waals surface area contributed by atoms with Crippen LogP contribution in [-0.2, 0) is 6.54 Å². The molecule has 1 heterocycles. The first-order valence-corrected chi connectivity index (χ1v) is 5.62. The van der Waals surface area contributed by atoms with Crippen LogP contribution in [0.2, 0.25) is 0 Å². The maximum Gasteiger partial charge on any atom is 0.126 e. The highest BCUT2D eigenvalue weighted by Crippen LogP contribution is 2.12. The minimum Gasteiger partial charge on any atom is -0.366 e. The van der Waals surface area contributed by atoms with Gasteiger partial charge in [0.1, 0.15) is 5.82 Å². The lowest BCUT2D eigenvalue weighted by molar-refractivity contribution is 0.929. The van der Waals surface area contributed by atoms with Gasteiger partial charge in [0.05, 0.1) is 0 Å². The van der Waals surface area contributed by atoms with E-state index in [1.807, 2.05) is 18.3 Å². The molecule has 0 saturated heterocycles. The van der Waals surface area contributed by atoms with Crippen LogP contribution in [-0.4, -0.2) is 11.5 Å². The summed E-state index contributed by atoms with van der Waals surface area (Å²) in [5.41, 5.74) is 8.00. The van der Waals surface area contributed by atoms with Crippen LogP contribution in [0.25, 0.3) is 0 Å². The molecule has 0 fully saturated rings. The highest BCUT2D eigenvalue weighted by atomic mass is 15.0. The summed E-state index contributed by atoms with van der Waals surface area (Å²) in [5.74, 6) is 0.910. The minimum atomic E-state index is 0.545. The predicted molar refractivity (Wildman–Crippen MR) is 67.1 cm³/mol. The number of nitrogens with two attached hydrogens (primary N) is 1. The molecular formula is C13H17N3. The van der Waals surface area contributed by atoms with Crippen molar-refractivity contribution in [2.75, 3.05) is 11.9 Å². The maximum atomic E-state index is 5.51. The van der Waals surface area contributed by atoms with E-state index in [0.29, 0.717) is 6.54 Å². The number of rotatable bonds is 4. The Morgan fingerprint density at radius 1 is 1.38 bits per heavy atom. The fourth-order valence-corrected chi connectivity index (χ4v) is 1.65. The Kier molecular flexibility index (Phi) is 3.72. The van der Waals surface area contributed by atoms with Crippen molar-refractivity contribution in [3.63, 3.8) is 0 Å². The zero-order chi connectivity index (χ0) is 11.2. The molecule has 16 heavy (non-hydrogen) atoms. The number of aromatic nitrogens is 1. The van der Waals surface area contributed by atoms with Gasteiger partial charge in [-0.05, 0) is 24.5 Å². The molecule has 84 valence electrons. The third kappa shape index (κ3) is 2.94. The summed E-state index contributed by atoms with van der Waals surface area (Å²) in [6.07, 6.45) is 10.6. The van der Waals surface area contributed by atoms with Crippen LogP contribution < -0.4 is 11.1 Å². The van der Waals surface area contributed by atoms with Crippen LogP contribution in [0.4, 0.5) is 5.82 Å². The molecule has 0 atom stereocenters. The second-order valence-electron chi connectivity index (χ2n) is 3.90. The summed E-state index contributed by atoms with van der Waals surface area (Å²) in [7, 11) is 0. The van der Waals surface area contributed by atoms with Crippen molar-refractivity contribution in [1.82, 2.24) is 4.98 Å². The Morgan fingerprint density at radius 2 is 2.31 bits per heavy atom. The molecule has 0 aromatic carbocycles. The lowest BCUT2D eigenvalue weighted by Crippen LogP contribution is -2.07. The number of nitrogens with zero attached hydrogens (tertiary/aromatic N) is 1. The molecule has 0 spiro atoms. The van der Waals surface area contributed by atoms with Crippen LogP contribution in [0.1, 0.15) is 18.4 Å². The van der Waals surface area contributed by atoms with E-state index >= 15 is 0 Å². The molecule has 2 rings (SSSR count). The third-order valence-corrected chi connectivity index (χ3v) is 2.66. The number of pyridine rings is 1. The lowest BCUT2D eigenvalue weighted by atomic mass is 10.1. The minimum absolute atomic E-state index is 0.545. The van der Waals surface area contributed by atoms with E-state index < -0.39 is 0 Å². The van der Waals surface area contributed by atoms with E-state index in [1.54, 1.807) is 0 Å². The zero-order valence-electron chi connectivity index (χ0n) is 9.32. The second-order valence-corrected chi connectivity index (χ2v) is 3.90. The van der Waals surface area contributed by atoms with Crippen molar-refractivity contribution in [2.24, 2.45) is 5.73 Å². The molecule has 1 aliphatic rings. The molecule has 0 radical (unpaired) electrons. The van der Waals surface area contributed by atoms with Gasteiger partial charge in [-0.3, -0.25) is 0 Å². The van der Waals surface area contributed by atoms with Crippen LogP contribution in [0.3, 0.4) is 0 Å². The zero-order valence-corrected chi connectivity index (χ0v) is 9.32. The molecule has 1 aromatic heterocycles. The molecule has 3 nitrogen and oxygen atoms in total. The van der Waals surface area contributed by atoms with Crippen molar-refractivity contribution in [3.8, 4) is 0 Å². The van der Waals surface area contributed by atoms with Gasteiger partial charge in [-0.2, -0.15) is 0 Å². The van der Waals surface area contributed by atoms with Crippen molar-refractivity contribution >= 4 is 5.82 Å². The van der Waals surface area contributed by atoms with E-state index in [1.165, 1.54) is 5.57 Å². The Bertz CT molecular complexity index is 390. The normalized spacial score (nSPS) is 14.7. The van der Waals surface area contributed by atoms with E-state index in [-0.39, 0.29) is 0 Å². The fraction of sp³-hybridized carbons (Fsp3) is 0.308. The summed E-state index contributed by atoms with van der Waals surface area (Å²) in [6, 6.07) is 3.98. The molecule has 0 aliphatic heterocycles. The van der Waals surface area contributed by atoms with E-state index in [9.17, 15) is 0 Å². The molecule has 1 aromatic rings. The Morgan fingerprint density at radius 3 is 2.94 bits per heavy atom. The first kappa shape index (κ1) is 10.9. The molecule has 0 unspecified atom stereocenters. The van der Waals surface area contributed by atoms with Gasteiger partial charge in [-0.1, -0.05) is 29.9 Å². The predicted octanol–water partition coefficient (Wildman–Crippen LogP) is 2.23. The number of hydrogen-bond acceptors (Lipinski definition) is 3. The molecule has 3 heteroatoms. The molecule has 0 amide bonds. The van der Waals surface area contributed by atoms with Crippen LogP contribution in [0, 0.1) is 0 Å². The highest BCUT2D eigenvalue weighted by Gasteiger charge is 2.00. The van der Waals surface area contributed by atoms with Gasteiger partial charge < -0.3 is 11.1 Å². The van der Waals surface area contributed by atoms with E-state index in [0.717, 1.165) is 30.8 Å². The van der Waals surface area contributed by atoms with E-state index in [4.69, 9.17) is 5.73 Å². The summed E-state index contributed by atoms with van der Waals surface area (Å²) < 4.78 is 0. The van der Waals surface area contributed by atoms with Gasteiger partial charge >= 0.3 is 0 Å². The first-order valence-electron chi connectivity index (χ1n) is 5.62. The largest absolute Gasteiger partial charge is 0.366 e. The average Bonchev–Trinajstić information content (AvgIpc) is 2.38. The highest BCUT2D eigenvalue weighted by molar-refractivity contribution is 5.37. The van der Waals surface area contributed by atoms with Crippen LogP contribution >= 0.6 is 0 Å². The SMILES string of the molecule is NCc1ccc(NCC2=CC=CCC2)nc1. The molecule has 0 saturated carbocycles. The van der Waals surface area contributed by atoms with Gasteiger partial charge in [0.2, 0.25) is 0 Å². The summed E-state index contributed by atoms with van der Waals surface area (Å²) in [6.45, 7) is 1.42. The Hall–Kier alpha value is -1.61. The number of nitrogens with one attached hydrogen (secondary N) is 1. The summed E-state index contributed by atoms with van der Waals surface area (Å²) >= 11 is 0. The van der Waals surface area contributed by atoms with Crippen molar-refractivity contribution in [1.29, 1.82) is 0 Å². The van der Waals surface area contributed by atoms with Gasteiger partial charge in [-0.15, -0.1) is 0 Å². The maximum absolute atomic E-state index is 5.51. The van der Waals surface area contributed by atoms with E-state index in [2.05, 4.69) is 28.5 Å². The third-order valence-electron chi connectivity index (χ3n) is 2.66. The number of hydrogen-bond donors (Lipinski definition) is 2. The summed E-state index contributed by atoms with van der Waals surface area (Å²) in [5, 5.41) is 3.31.